The zero-order valence-electron chi connectivity index (χ0n) is 6.76. The van der Waals surface area contributed by atoms with Crippen molar-refractivity contribution in [2.24, 2.45) is 0 Å². The summed E-state index contributed by atoms with van der Waals surface area (Å²) in [5.74, 6) is 0. The van der Waals surface area contributed by atoms with Crippen LogP contribution in [0.5, 0.6) is 0 Å². The van der Waals surface area contributed by atoms with Crippen molar-refractivity contribution in [2.75, 3.05) is 0 Å². The molecule has 0 atom stereocenters. The zero-order chi connectivity index (χ0) is 8.55. The molecule has 0 bridgehead atoms. The SMILES string of the molecule is CCc1cnc2[nH]c(Cl)cc2c1. The molecule has 0 aromatic carbocycles. The Bertz CT molecular complexity index is 406. The van der Waals surface area contributed by atoms with Crippen molar-refractivity contribution in [3.05, 3.63) is 29.0 Å². The van der Waals surface area contributed by atoms with Gasteiger partial charge in [0.2, 0.25) is 0 Å². The topological polar surface area (TPSA) is 28.7 Å². The maximum atomic E-state index is 5.78. The average molecular weight is 181 g/mol. The summed E-state index contributed by atoms with van der Waals surface area (Å²) in [6, 6.07) is 3.99. The number of hydrogen-bond donors (Lipinski definition) is 1. The molecule has 2 heterocycles. The summed E-state index contributed by atoms with van der Waals surface area (Å²) in [5, 5.41) is 1.73. The Labute approximate surface area is 75.6 Å². The van der Waals surface area contributed by atoms with Crippen LogP contribution in [0.4, 0.5) is 0 Å². The van der Waals surface area contributed by atoms with Gasteiger partial charge in [0, 0.05) is 11.6 Å². The fraction of sp³-hybridized carbons (Fsp3) is 0.222. The highest BCUT2D eigenvalue weighted by molar-refractivity contribution is 6.30. The highest BCUT2D eigenvalue weighted by atomic mass is 35.5. The minimum absolute atomic E-state index is 0.644. The van der Waals surface area contributed by atoms with E-state index in [1.807, 2.05) is 12.3 Å². The first-order valence-electron chi connectivity index (χ1n) is 3.92. The summed E-state index contributed by atoms with van der Waals surface area (Å²) in [6.07, 6.45) is 2.88. The monoisotopic (exact) mass is 180 g/mol. The lowest BCUT2D eigenvalue weighted by atomic mass is 10.2. The van der Waals surface area contributed by atoms with Gasteiger partial charge in [-0.15, -0.1) is 0 Å². The Morgan fingerprint density at radius 1 is 1.50 bits per heavy atom. The molecule has 12 heavy (non-hydrogen) atoms. The fourth-order valence-electron chi connectivity index (χ4n) is 1.22. The molecule has 3 heteroatoms. The van der Waals surface area contributed by atoms with Crippen LogP contribution < -0.4 is 0 Å². The van der Waals surface area contributed by atoms with Crippen LogP contribution in [0, 0.1) is 0 Å². The number of hydrogen-bond acceptors (Lipinski definition) is 1. The molecule has 2 rings (SSSR count). The van der Waals surface area contributed by atoms with Crippen LogP contribution in [0.2, 0.25) is 5.15 Å². The number of nitrogens with one attached hydrogen (secondary N) is 1. The van der Waals surface area contributed by atoms with Crippen molar-refractivity contribution in [2.45, 2.75) is 13.3 Å². The maximum absolute atomic E-state index is 5.78. The van der Waals surface area contributed by atoms with Crippen LogP contribution in [0.15, 0.2) is 18.3 Å². The van der Waals surface area contributed by atoms with Gasteiger partial charge >= 0.3 is 0 Å². The van der Waals surface area contributed by atoms with E-state index in [-0.39, 0.29) is 0 Å². The third-order valence-electron chi connectivity index (χ3n) is 1.90. The molecular formula is C9H9ClN2. The molecule has 0 aliphatic heterocycles. The largest absolute Gasteiger partial charge is 0.330 e. The number of H-pyrrole nitrogens is 1. The van der Waals surface area contributed by atoms with Gasteiger partial charge in [-0.2, -0.15) is 0 Å². The summed E-state index contributed by atoms with van der Waals surface area (Å²) in [7, 11) is 0. The summed E-state index contributed by atoms with van der Waals surface area (Å²) >= 11 is 5.78. The van der Waals surface area contributed by atoms with Gasteiger partial charge in [-0.05, 0) is 24.1 Å². The first kappa shape index (κ1) is 7.62. The molecule has 0 aliphatic rings. The molecule has 0 unspecified atom stereocenters. The molecule has 0 amide bonds. The Morgan fingerprint density at radius 2 is 2.33 bits per heavy atom. The van der Waals surface area contributed by atoms with Crippen LogP contribution in [0.3, 0.4) is 0 Å². The molecule has 2 nitrogen and oxygen atoms in total. The number of aromatic amines is 1. The first-order valence-corrected chi connectivity index (χ1v) is 4.30. The van der Waals surface area contributed by atoms with E-state index in [1.54, 1.807) is 0 Å². The highest BCUT2D eigenvalue weighted by Gasteiger charge is 1.99. The van der Waals surface area contributed by atoms with Gasteiger partial charge in [-0.3, -0.25) is 0 Å². The van der Waals surface area contributed by atoms with E-state index in [4.69, 9.17) is 11.6 Å². The van der Waals surface area contributed by atoms with E-state index in [1.165, 1.54) is 5.56 Å². The molecule has 0 radical (unpaired) electrons. The molecule has 0 aliphatic carbocycles. The lowest BCUT2D eigenvalue weighted by molar-refractivity contribution is 1.12. The van der Waals surface area contributed by atoms with Crippen LogP contribution in [0.1, 0.15) is 12.5 Å². The number of aromatic nitrogens is 2. The van der Waals surface area contributed by atoms with Gasteiger partial charge in [0.15, 0.2) is 0 Å². The molecular weight excluding hydrogens is 172 g/mol. The third-order valence-corrected chi connectivity index (χ3v) is 2.11. The van der Waals surface area contributed by atoms with Crippen molar-refractivity contribution in [1.29, 1.82) is 0 Å². The smallest absolute Gasteiger partial charge is 0.138 e. The second-order valence-electron chi connectivity index (χ2n) is 2.75. The number of fused-ring (bicyclic) bond motifs is 1. The Morgan fingerprint density at radius 3 is 3.08 bits per heavy atom. The predicted octanol–water partition coefficient (Wildman–Crippen LogP) is 2.78. The highest BCUT2D eigenvalue weighted by Crippen LogP contribution is 2.17. The molecule has 62 valence electrons. The molecule has 0 spiro atoms. The maximum Gasteiger partial charge on any atom is 0.138 e. The minimum Gasteiger partial charge on any atom is -0.330 e. The van der Waals surface area contributed by atoms with E-state index in [0.717, 1.165) is 17.5 Å². The average Bonchev–Trinajstić information content (AvgIpc) is 2.43. The second kappa shape index (κ2) is 2.79. The van der Waals surface area contributed by atoms with Gasteiger partial charge in [0.05, 0.1) is 0 Å². The number of aryl methyl sites for hydroxylation is 1. The Kier molecular flexibility index (Phi) is 1.77. The zero-order valence-corrected chi connectivity index (χ0v) is 7.52. The minimum atomic E-state index is 0.644. The fourth-order valence-corrected chi connectivity index (χ4v) is 1.43. The van der Waals surface area contributed by atoms with Crippen LogP contribution in [0.25, 0.3) is 11.0 Å². The Hall–Kier alpha value is -1.02. The van der Waals surface area contributed by atoms with Crippen LogP contribution in [-0.4, -0.2) is 9.97 Å². The van der Waals surface area contributed by atoms with Crippen LogP contribution in [-0.2, 0) is 6.42 Å². The summed E-state index contributed by atoms with van der Waals surface area (Å²) in [5.41, 5.74) is 2.09. The van der Waals surface area contributed by atoms with E-state index in [0.29, 0.717) is 5.15 Å². The lowest BCUT2D eigenvalue weighted by Gasteiger charge is -1.93. The van der Waals surface area contributed by atoms with Crippen molar-refractivity contribution in [3.8, 4) is 0 Å². The molecule has 2 aromatic rings. The number of pyridine rings is 1. The third kappa shape index (κ3) is 1.18. The van der Waals surface area contributed by atoms with E-state index in [2.05, 4.69) is 23.0 Å². The van der Waals surface area contributed by atoms with Crippen molar-refractivity contribution in [3.63, 3.8) is 0 Å². The number of rotatable bonds is 1. The number of nitrogens with zero attached hydrogens (tertiary/aromatic N) is 1. The standard InChI is InChI=1S/C9H9ClN2/c1-2-6-3-7-4-8(10)12-9(7)11-5-6/h3-5H,2H2,1H3,(H,11,12). The van der Waals surface area contributed by atoms with E-state index >= 15 is 0 Å². The summed E-state index contributed by atoms with van der Waals surface area (Å²) in [4.78, 5) is 7.20. The normalized spacial score (nSPS) is 10.8. The van der Waals surface area contributed by atoms with E-state index < -0.39 is 0 Å². The first-order chi connectivity index (χ1) is 5.79. The van der Waals surface area contributed by atoms with Gasteiger partial charge < -0.3 is 4.98 Å². The summed E-state index contributed by atoms with van der Waals surface area (Å²) in [6.45, 7) is 2.11. The van der Waals surface area contributed by atoms with Gasteiger partial charge in [-0.1, -0.05) is 18.5 Å². The van der Waals surface area contributed by atoms with Crippen molar-refractivity contribution in [1.82, 2.24) is 9.97 Å². The predicted molar refractivity (Wildman–Crippen MR) is 50.5 cm³/mol. The van der Waals surface area contributed by atoms with Gasteiger partial charge in [0.1, 0.15) is 10.8 Å². The van der Waals surface area contributed by atoms with Gasteiger partial charge in [0.25, 0.3) is 0 Å². The molecule has 0 saturated heterocycles. The second-order valence-corrected chi connectivity index (χ2v) is 3.16. The van der Waals surface area contributed by atoms with Crippen molar-refractivity contribution >= 4 is 22.6 Å². The molecule has 1 N–H and O–H groups in total. The summed E-state index contributed by atoms with van der Waals surface area (Å²) < 4.78 is 0. The molecule has 0 saturated carbocycles. The van der Waals surface area contributed by atoms with E-state index in [9.17, 15) is 0 Å². The number of halogens is 1. The van der Waals surface area contributed by atoms with Crippen molar-refractivity contribution < 1.29 is 0 Å². The van der Waals surface area contributed by atoms with Crippen LogP contribution >= 0.6 is 11.6 Å². The Balaban J connectivity index is 2.66. The molecule has 2 aromatic heterocycles. The van der Waals surface area contributed by atoms with Gasteiger partial charge in [-0.25, -0.2) is 4.98 Å². The lowest BCUT2D eigenvalue weighted by Crippen LogP contribution is -1.82. The molecule has 0 fully saturated rings. The quantitative estimate of drug-likeness (QED) is 0.719.